The third-order valence-electron chi connectivity index (χ3n) is 5.91. The summed E-state index contributed by atoms with van der Waals surface area (Å²) < 4.78 is 11.5. The van der Waals surface area contributed by atoms with Gasteiger partial charge in [0.1, 0.15) is 24.7 Å². The van der Waals surface area contributed by atoms with Crippen LogP contribution in [-0.2, 0) is 17.8 Å². The minimum atomic E-state index is -0.271. The van der Waals surface area contributed by atoms with Crippen molar-refractivity contribution in [3.8, 4) is 5.75 Å². The molecule has 0 spiro atoms. The van der Waals surface area contributed by atoms with E-state index in [9.17, 15) is 9.59 Å². The molecule has 8 heteroatoms. The van der Waals surface area contributed by atoms with Crippen molar-refractivity contribution in [1.29, 1.82) is 0 Å². The predicted octanol–water partition coefficient (Wildman–Crippen LogP) is 4.78. The van der Waals surface area contributed by atoms with Gasteiger partial charge in [0.25, 0.3) is 0 Å². The summed E-state index contributed by atoms with van der Waals surface area (Å²) >= 11 is 1.72. The van der Waals surface area contributed by atoms with Gasteiger partial charge in [-0.2, -0.15) is 0 Å². The fourth-order valence-corrected chi connectivity index (χ4v) is 5.00. The van der Waals surface area contributed by atoms with Crippen LogP contribution in [0, 0.1) is 6.92 Å². The van der Waals surface area contributed by atoms with Crippen molar-refractivity contribution in [2.75, 3.05) is 26.2 Å². The molecule has 2 aromatic heterocycles. The van der Waals surface area contributed by atoms with E-state index in [4.69, 9.17) is 9.15 Å². The number of benzene rings is 1. The molecule has 1 unspecified atom stereocenters. The number of furan rings is 1. The highest BCUT2D eigenvalue weighted by molar-refractivity contribution is 7.10. The molecule has 180 valence electrons. The summed E-state index contributed by atoms with van der Waals surface area (Å²) in [7, 11) is 0. The van der Waals surface area contributed by atoms with Gasteiger partial charge in [-0.15, -0.1) is 11.3 Å². The van der Waals surface area contributed by atoms with Crippen molar-refractivity contribution in [3.63, 3.8) is 0 Å². The molecule has 3 aromatic rings. The number of nitrogens with one attached hydrogen (secondary N) is 1. The standard InChI is InChI=1S/C26H31N3O4S/c1-3-12-27-26(31)28(16-21-5-4-14-32-21)17-25(30)29-13-10-24-22(11-15-34-24)23(29)18-33-20-8-6-19(2)7-9-20/h4-9,11,14-15,23H,3,10,12-13,16-18H2,1-2H3,(H,27,31). The molecule has 0 aliphatic carbocycles. The number of carbonyl (C=O) groups is 2. The van der Waals surface area contributed by atoms with Gasteiger partial charge in [0.05, 0.1) is 18.8 Å². The number of hydrogen-bond donors (Lipinski definition) is 1. The van der Waals surface area contributed by atoms with Crippen molar-refractivity contribution < 1.29 is 18.7 Å². The number of aryl methyl sites for hydroxylation is 1. The molecular weight excluding hydrogens is 450 g/mol. The summed E-state index contributed by atoms with van der Waals surface area (Å²) in [4.78, 5) is 31.0. The minimum absolute atomic E-state index is 0.0310. The van der Waals surface area contributed by atoms with Gasteiger partial charge in [0.15, 0.2) is 0 Å². The summed E-state index contributed by atoms with van der Waals surface area (Å²) in [6.45, 7) is 5.74. The molecule has 1 N–H and O–H groups in total. The van der Waals surface area contributed by atoms with Gasteiger partial charge >= 0.3 is 6.03 Å². The monoisotopic (exact) mass is 481 g/mol. The van der Waals surface area contributed by atoms with Crippen LogP contribution in [-0.4, -0.2) is 48.0 Å². The van der Waals surface area contributed by atoms with Crippen LogP contribution in [0.25, 0.3) is 0 Å². The SMILES string of the molecule is CCCNC(=O)N(CC(=O)N1CCc2sccc2C1COc1ccc(C)cc1)Cc1ccco1. The molecule has 1 aromatic carbocycles. The summed E-state index contributed by atoms with van der Waals surface area (Å²) in [6, 6.07) is 13.1. The molecule has 1 aliphatic rings. The lowest BCUT2D eigenvalue weighted by atomic mass is 10.0. The second-order valence-corrected chi connectivity index (χ2v) is 9.44. The largest absolute Gasteiger partial charge is 0.491 e. The molecule has 3 heterocycles. The summed E-state index contributed by atoms with van der Waals surface area (Å²) in [6.07, 6.45) is 3.19. The van der Waals surface area contributed by atoms with E-state index < -0.39 is 0 Å². The van der Waals surface area contributed by atoms with Crippen LogP contribution in [0.3, 0.4) is 0 Å². The minimum Gasteiger partial charge on any atom is -0.491 e. The smallest absolute Gasteiger partial charge is 0.318 e. The Kier molecular flexibility index (Phi) is 7.90. The van der Waals surface area contributed by atoms with Gasteiger partial charge in [0, 0.05) is 18.0 Å². The van der Waals surface area contributed by atoms with E-state index >= 15 is 0 Å². The Morgan fingerprint density at radius 2 is 2.06 bits per heavy atom. The molecular formula is C26H31N3O4S. The summed E-state index contributed by atoms with van der Waals surface area (Å²) in [5.41, 5.74) is 2.30. The van der Waals surface area contributed by atoms with E-state index in [0.717, 1.165) is 24.2 Å². The number of rotatable bonds is 9. The molecule has 7 nitrogen and oxygen atoms in total. The molecule has 0 saturated heterocycles. The molecule has 34 heavy (non-hydrogen) atoms. The zero-order chi connectivity index (χ0) is 23.9. The molecule has 1 atom stereocenters. The van der Waals surface area contributed by atoms with Crippen LogP contribution in [0.15, 0.2) is 58.5 Å². The van der Waals surface area contributed by atoms with E-state index in [1.165, 1.54) is 15.3 Å². The number of hydrogen-bond acceptors (Lipinski definition) is 5. The average Bonchev–Trinajstić information content (AvgIpc) is 3.53. The van der Waals surface area contributed by atoms with Gasteiger partial charge in [-0.25, -0.2) is 4.79 Å². The van der Waals surface area contributed by atoms with Gasteiger partial charge in [-0.05, 0) is 61.0 Å². The average molecular weight is 482 g/mol. The number of amides is 3. The van der Waals surface area contributed by atoms with Crippen LogP contribution < -0.4 is 10.1 Å². The molecule has 1 aliphatic heterocycles. The summed E-state index contributed by atoms with van der Waals surface area (Å²) in [5, 5.41) is 4.95. The first kappa shape index (κ1) is 23.9. The van der Waals surface area contributed by atoms with Crippen molar-refractivity contribution in [3.05, 3.63) is 75.9 Å². The topological polar surface area (TPSA) is 75.0 Å². The first-order valence-electron chi connectivity index (χ1n) is 11.7. The first-order chi connectivity index (χ1) is 16.5. The molecule has 0 radical (unpaired) electrons. The van der Waals surface area contributed by atoms with E-state index in [1.54, 1.807) is 29.7 Å². The lowest BCUT2D eigenvalue weighted by Crippen LogP contribution is -2.49. The van der Waals surface area contributed by atoms with E-state index in [1.807, 2.05) is 43.0 Å². The summed E-state index contributed by atoms with van der Waals surface area (Å²) in [5.74, 6) is 1.31. The Balaban J connectivity index is 1.49. The third kappa shape index (κ3) is 5.80. The van der Waals surface area contributed by atoms with Crippen LogP contribution in [0.2, 0.25) is 0 Å². The normalized spacial score (nSPS) is 15.0. The maximum atomic E-state index is 13.5. The number of carbonyl (C=O) groups excluding carboxylic acids is 2. The quantitative estimate of drug-likeness (QED) is 0.477. The van der Waals surface area contributed by atoms with Crippen molar-refractivity contribution >= 4 is 23.3 Å². The van der Waals surface area contributed by atoms with E-state index in [2.05, 4.69) is 16.8 Å². The van der Waals surface area contributed by atoms with Crippen molar-refractivity contribution in [2.24, 2.45) is 0 Å². The number of urea groups is 1. The van der Waals surface area contributed by atoms with Crippen molar-refractivity contribution in [2.45, 2.75) is 39.3 Å². The molecule has 4 rings (SSSR count). The maximum absolute atomic E-state index is 13.5. The first-order valence-corrected chi connectivity index (χ1v) is 12.5. The van der Waals surface area contributed by atoms with Gasteiger partial charge in [-0.1, -0.05) is 24.6 Å². The highest BCUT2D eigenvalue weighted by atomic mass is 32.1. The highest BCUT2D eigenvalue weighted by Gasteiger charge is 2.33. The predicted molar refractivity (Wildman–Crippen MR) is 132 cm³/mol. The van der Waals surface area contributed by atoms with Crippen molar-refractivity contribution in [1.82, 2.24) is 15.1 Å². The molecule has 3 amide bonds. The molecule has 0 fully saturated rings. The lowest BCUT2D eigenvalue weighted by Gasteiger charge is -2.37. The Morgan fingerprint density at radius 3 is 2.79 bits per heavy atom. The van der Waals surface area contributed by atoms with E-state index in [0.29, 0.717) is 25.5 Å². The Bertz CT molecular complexity index is 1080. The zero-order valence-corrected chi connectivity index (χ0v) is 20.5. The maximum Gasteiger partial charge on any atom is 0.318 e. The number of thiophene rings is 1. The fourth-order valence-electron chi connectivity index (χ4n) is 4.07. The fraction of sp³-hybridized carbons (Fsp3) is 0.385. The van der Waals surface area contributed by atoms with Gasteiger partial charge in [-0.3, -0.25) is 4.79 Å². The second kappa shape index (κ2) is 11.2. The van der Waals surface area contributed by atoms with Crippen LogP contribution >= 0.6 is 11.3 Å². The number of fused-ring (bicyclic) bond motifs is 1. The number of nitrogens with zero attached hydrogens (tertiary/aromatic N) is 2. The Hall–Kier alpha value is -3.26. The zero-order valence-electron chi connectivity index (χ0n) is 19.7. The number of ether oxygens (including phenoxy) is 1. The van der Waals surface area contributed by atoms with Crippen LogP contribution in [0.4, 0.5) is 4.79 Å². The van der Waals surface area contributed by atoms with Crippen LogP contribution in [0.1, 0.15) is 41.2 Å². The lowest BCUT2D eigenvalue weighted by molar-refractivity contribution is -0.135. The molecule has 0 saturated carbocycles. The van der Waals surface area contributed by atoms with Crippen LogP contribution in [0.5, 0.6) is 5.75 Å². The van der Waals surface area contributed by atoms with E-state index in [-0.39, 0.29) is 31.1 Å². The second-order valence-electron chi connectivity index (χ2n) is 8.44. The van der Waals surface area contributed by atoms with Gasteiger partial charge < -0.3 is 24.3 Å². The third-order valence-corrected chi connectivity index (χ3v) is 6.91. The molecule has 0 bridgehead atoms. The Morgan fingerprint density at radius 1 is 1.24 bits per heavy atom. The highest BCUT2D eigenvalue weighted by Crippen LogP contribution is 2.34. The Labute approximate surface area is 204 Å². The van der Waals surface area contributed by atoms with Gasteiger partial charge in [0.2, 0.25) is 5.91 Å².